The lowest BCUT2D eigenvalue weighted by Gasteiger charge is -2.22. The Balaban J connectivity index is 1.68. The number of hydrogen-bond donors (Lipinski definition) is 2. The smallest absolute Gasteiger partial charge is 0.220 e. The van der Waals surface area contributed by atoms with Gasteiger partial charge in [0.2, 0.25) is 5.91 Å². The average molecular weight is 267 g/mol. The number of piperidine rings is 1. The van der Waals surface area contributed by atoms with E-state index in [-0.39, 0.29) is 5.91 Å². The zero-order chi connectivity index (χ0) is 12.8. The summed E-state index contributed by atoms with van der Waals surface area (Å²) in [7, 11) is 0. The maximum absolute atomic E-state index is 11.8. The van der Waals surface area contributed by atoms with Crippen LogP contribution in [0, 0.1) is 5.92 Å². The third kappa shape index (κ3) is 4.07. The van der Waals surface area contributed by atoms with Gasteiger partial charge in [-0.1, -0.05) is 6.92 Å². The molecule has 1 aliphatic heterocycles. The molecule has 0 aliphatic carbocycles. The number of rotatable bonds is 5. The maximum atomic E-state index is 11.8. The average Bonchev–Trinajstić information content (AvgIpc) is 2.91. The lowest BCUT2D eigenvalue weighted by molar-refractivity contribution is -0.122. The molecule has 5 heteroatoms. The van der Waals surface area contributed by atoms with Gasteiger partial charge in [-0.25, -0.2) is 4.98 Å². The second kappa shape index (κ2) is 6.85. The summed E-state index contributed by atoms with van der Waals surface area (Å²) in [5.41, 5.74) is 0. The Morgan fingerprint density at radius 3 is 3.06 bits per heavy atom. The minimum Gasteiger partial charge on any atom is -0.355 e. The fourth-order valence-electron chi connectivity index (χ4n) is 2.25. The van der Waals surface area contributed by atoms with Gasteiger partial charge in [-0.05, 0) is 31.8 Å². The lowest BCUT2D eigenvalue weighted by atomic mass is 9.94. The number of amides is 1. The van der Waals surface area contributed by atoms with Gasteiger partial charge in [0.1, 0.15) is 0 Å². The fraction of sp³-hybridized carbons (Fsp3) is 0.692. The molecule has 1 unspecified atom stereocenters. The van der Waals surface area contributed by atoms with E-state index >= 15 is 0 Å². The van der Waals surface area contributed by atoms with Crippen molar-refractivity contribution in [1.82, 2.24) is 15.6 Å². The summed E-state index contributed by atoms with van der Waals surface area (Å²) in [5.74, 6) is 1.05. The molecule has 0 aromatic carbocycles. The second-order valence-electron chi connectivity index (χ2n) is 4.97. The summed E-state index contributed by atoms with van der Waals surface area (Å²) in [5, 5.41) is 9.41. The topological polar surface area (TPSA) is 54.0 Å². The maximum Gasteiger partial charge on any atom is 0.220 e. The van der Waals surface area contributed by atoms with Crippen molar-refractivity contribution >= 4 is 17.2 Å². The number of carbonyl (C=O) groups excluding carboxylic acids is 1. The molecule has 1 saturated heterocycles. The number of thiazole rings is 1. The summed E-state index contributed by atoms with van der Waals surface area (Å²) >= 11 is 1.65. The van der Waals surface area contributed by atoms with Crippen LogP contribution in [0.1, 0.15) is 37.1 Å². The van der Waals surface area contributed by atoms with Gasteiger partial charge in [0.15, 0.2) is 0 Å². The lowest BCUT2D eigenvalue weighted by Crippen LogP contribution is -2.33. The summed E-state index contributed by atoms with van der Waals surface area (Å²) in [6.45, 7) is 4.89. The van der Waals surface area contributed by atoms with Crippen molar-refractivity contribution in [2.24, 2.45) is 5.92 Å². The molecule has 0 bridgehead atoms. The van der Waals surface area contributed by atoms with Crippen molar-refractivity contribution in [2.75, 3.05) is 19.6 Å². The third-order valence-electron chi connectivity index (χ3n) is 3.41. The Kier molecular flexibility index (Phi) is 5.13. The molecule has 2 heterocycles. The van der Waals surface area contributed by atoms with Crippen LogP contribution >= 0.6 is 11.3 Å². The quantitative estimate of drug-likeness (QED) is 0.854. The monoisotopic (exact) mass is 267 g/mol. The molecule has 0 saturated carbocycles. The summed E-state index contributed by atoms with van der Waals surface area (Å²) in [4.78, 5) is 16.1. The Labute approximate surface area is 112 Å². The standard InChI is InChI=1S/C13H21N3OS/c1-10(13-15-6-7-18-13)9-16-12(17)8-11-2-4-14-5-3-11/h6-7,10-11,14H,2-5,8-9H2,1H3,(H,16,17). The van der Waals surface area contributed by atoms with E-state index in [1.807, 2.05) is 11.6 Å². The Bertz CT molecular complexity index is 360. The van der Waals surface area contributed by atoms with Crippen molar-refractivity contribution in [3.8, 4) is 0 Å². The Morgan fingerprint density at radius 1 is 1.61 bits per heavy atom. The number of nitrogens with one attached hydrogen (secondary N) is 2. The molecule has 0 radical (unpaired) electrons. The van der Waals surface area contributed by atoms with Crippen molar-refractivity contribution in [1.29, 1.82) is 0 Å². The van der Waals surface area contributed by atoms with E-state index in [1.165, 1.54) is 0 Å². The number of aromatic nitrogens is 1. The molecule has 4 nitrogen and oxygen atoms in total. The minimum atomic E-state index is 0.185. The van der Waals surface area contributed by atoms with Crippen molar-refractivity contribution in [3.05, 3.63) is 16.6 Å². The molecule has 100 valence electrons. The number of hydrogen-bond acceptors (Lipinski definition) is 4. The number of carbonyl (C=O) groups is 1. The van der Waals surface area contributed by atoms with Crippen molar-refractivity contribution in [3.63, 3.8) is 0 Å². The molecule has 1 aliphatic rings. The third-order valence-corrected chi connectivity index (χ3v) is 4.42. The van der Waals surface area contributed by atoms with Crippen LogP contribution in [0.5, 0.6) is 0 Å². The first-order valence-electron chi connectivity index (χ1n) is 6.62. The normalized spacial score (nSPS) is 18.5. The summed E-state index contributed by atoms with van der Waals surface area (Å²) in [6, 6.07) is 0. The zero-order valence-corrected chi connectivity index (χ0v) is 11.6. The van der Waals surface area contributed by atoms with E-state index < -0.39 is 0 Å². The molecule has 1 amide bonds. The van der Waals surface area contributed by atoms with Crippen LogP contribution in [-0.2, 0) is 4.79 Å². The highest BCUT2D eigenvalue weighted by molar-refractivity contribution is 7.09. The molecule has 0 spiro atoms. The molecular weight excluding hydrogens is 246 g/mol. The van der Waals surface area contributed by atoms with Crippen LogP contribution < -0.4 is 10.6 Å². The molecule has 1 atom stereocenters. The van der Waals surface area contributed by atoms with Crippen LogP contribution in [0.2, 0.25) is 0 Å². The first-order chi connectivity index (χ1) is 8.75. The molecule has 1 fully saturated rings. The highest BCUT2D eigenvalue weighted by Gasteiger charge is 2.17. The molecule has 2 N–H and O–H groups in total. The van der Waals surface area contributed by atoms with Gasteiger partial charge in [0.25, 0.3) is 0 Å². The second-order valence-corrected chi connectivity index (χ2v) is 5.90. The van der Waals surface area contributed by atoms with Gasteiger partial charge >= 0.3 is 0 Å². The van der Waals surface area contributed by atoms with E-state index in [1.54, 1.807) is 11.3 Å². The van der Waals surface area contributed by atoms with Gasteiger partial charge in [-0.15, -0.1) is 11.3 Å². The van der Waals surface area contributed by atoms with Crippen LogP contribution in [-0.4, -0.2) is 30.5 Å². The van der Waals surface area contributed by atoms with Crippen LogP contribution in [0.15, 0.2) is 11.6 Å². The summed E-state index contributed by atoms with van der Waals surface area (Å²) in [6.07, 6.45) is 4.73. The van der Waals surface area contributed by atoms with Gasteiger partial charge < -0.3 is 10.6 Å². The minimum absolute atomic E-state index is 0.185. The molecule has 1 aromatic heterocycles. The molecule has 18 heavy (non-hydrogen) atoms. The molecule has 1 aromatic rings. The van der Waals surface area contributed by atoms with Crippen LogP contribution in [0.25, 0.3) is 0 Å². The molecular formula is C13H21N3OS. The largest absolute Gasteiger partial charge is 0.355 e. The Hall–Kier alpha value is -0.940. The van der Waals surface area contributed by atoms with Gasteiger partial charge in [-0.3, -0.25) is 4.79 Å². The van der Waals surface area contributed by atoms with E-state index in [2.05, 4.69) is 22.5 Å². The van der Waals surface area contributed by atoms with Crippen LogP contribution in [0.3, 0.4) is 0 Å². The van der Waals surface area contributed by atoms with E-state index in [9.17, 15) is 4.79 Å². The highest BCUT2D eigenvalue weighted by Crippen LogP contribution is 2.18. The van der Waals surface area contributed by atoms with Gasteiger partial charge in [0.05, 0.1) is 5.01 Å². The first kappa shape index (κ1) is 13.5. The first-order valence-corrected chi connectivity index (χ1v) is 7.50. The van der Waals surface area contributed by atoms with Crippen LogP contribution in [0.4, 0.5) is 0 Å². The van der Waals surface area contributed by atoms with E-state index in [4.69, 9.17) is 0 Å². The molecule has 2 rings (SSSR count). The zero-order valence-electron chi connectivity index (χ0n) is 10.8. The fourth-order valence-corrected chi connectivity index (χ4v) is 2.95. The van der Waals surface area contributed by atoms with Gasteiger partial charge in [0, 0.05) is 30.5 Å². The van der Waals surface area contributed by atoms with Crippen molar-refractivity contribution in [2.45, 2.75) is 32.1 Å². The SMILES string of the molecule is CC(CNC(=O)CC1CCNCC1)c1nccs1. The summed E-state index contributed by atoms with van der Waals surface area (Å²) < 4.78 is 0. The predicted octanol–water partition coefficient (Wildman–Crippen LogP) is 1.75. The highest BCUT2D eigenvalue weighted by atomic mass is 32.1. The van der Waals surface area contributed by atoms with E-state index in [0.29, 0.717) is 24.8 Å². The van der Waals surface area contributed by atoms with Gasteiger partial charge in [-0.2, -0.15) is 0 Å². The predicted molar refractivity (Wildman–Crippen MR) is 73.7 cm³/mol. The number of nitrogens with zero attached hydrogens (tertiary/aromatic N) is 1. The van der Waals surface area contributed by atoms with Crippen molar-refractivity contribution < 1.29 is 4.79 Å². The van der Waals surface area contributed by atoms with E-state index in [0.717, 1.165) is 30.9 Å². The Morgan fingerprint density at radius 2 is 2.39 bits per heavy atom.